The third-order valence-electron chi connectivity index (χ3n) is 3.33. The van der Waals surface area contributed by atoms with Crippen molar-refractivity contribution in [3.8, 4) is 0 Å². The number of hydrogen-bond donors (Lipinski definition) is 1. The average molecular weight is 219 g/mol. The molecule has 0 unspecified atom stereocenters. The average Bonchev–Trinajstić information content (AvgIpc) is 2.81. The van der Waals surface area contributed by atoms with Gasteiger partial charge >= 0.3 is 0 Å². The molecule has 1 aliphatic carbocycles. The van der Waals surface area contributed by atoms with Crippen molar-refractivity contribution in [2.24, 2.45) is 5.73 Å². The number of aromatic nitrogens is 1. The first-order chi connectivity index (χ1) is 7.81. The number of pyridine rings is 1. The molecule has 88 valence electrons. The summed E-state index contributed by atoms with van der Waals surface area (Å²) >= 11 is 0. The van der Waals surface area contributed by atoms with Crippen LogP contribution in [0.4, 0.5) is 5.82 Å². The Balaban J connectivity index is 2.14. The van der Waals surface area contributed by atoms with Crippen molar-refractivity contribution >= 4 is 5.82 Å². The van der Waals surface area contributed by atoms with E-state index in [1.165, 1.54) is 31.2 Å². The molecule has 0 aliphatic heterocycles. The summed E-state index contributed by atoms with van der Waals surface area (Å²) in [4.78, 5) is 6.89. The van der Waals surface area contributed by atoms with Crippen molar-refractivity contribution < 1.29 is 0 Å². The summed E-state index contributed by atoms with van der Waals surface area (Å²) in [5, 5.41) is 0. The minimum Gasteiger partial charge on any atom is -0.352 e. The molecule has 2 rings (SSSR count). The minimum atomic E-state index is 0.652. The van der Waals surface area contributed by atoms with Crippen LogP contribution in [-0.2, 0) is 0 Å². The highest BCUT2D eigenvalue weighted by Gasteiger charge is 2.22. The fraction of sp³-hybridized carbons (Fsp3) is 0.615. The van der Waals surface area contributed by atoms with E-state index in [1.807, 2.05) is 6.20 Å². The molecule has 16 heavy (non-hydrogen) atoms. The van der Waals surface area contributed by atoms with Gasteiger partial charge in [0.05, 0.1) is 0 Å². The Hall–Kier alpha value is -1.09. The maximum atomic E-state index is 5.69. The largest absolute Gasteiger partial charge is 0.352 e. The number of aryl methyl sites for hydroxylation is 1. The zero-order chi connectivity index (χ0) is 11.4. The van der Waals surface area contributed by atoms with E-state index >= 15 is 0 Å². The fourth-order valence-corrected chi connectivity index (χ4v) is 2.47. The number of nitrogens with zero attached hydrogens (tertiary/aromatic N) is 2. The van der Waals surface area contributed by atoms with Crippen molar-refractivity contribution in [3.63, 3.8) is 0 Å². The highest BCUT2D eigenvalue weighted by atomic mass is 15.2. The molecular weight excluding hydrogens is 198 g/mol. The van der Waals surface area contributed by atoms with Gasteiger partial charge in [0.1, 0.15) is 5.82 Å². The molecule has 1 aliphatic rings. The van der Waals surface area contributed by atoms with Gasteiger partial charge in [0.2, 0.25) is 0 Å². The van der Waals surface area contributed by atoms with Crippen LogP contribution in [0, 0.1) is 6.92 Å². The standard InChI is InChI=1S/C13H21N3/c1-11-6-7-13(15-10-11)16(9-8-14)12-4-2-3-5-12/h6-7,10,12H,2-5,8-9,14H2,1H3. The molecule has 0 aromatic carbocycles. The quantitative estimate of drug-likeness (QED) is 0.843. The van der Waals surface area contributed by atoms with Gasteiger partial charge in [0.15, 0.2) is 0 Å². The van der Waals surface area contributed by atoms with E-state index in [9.17, 15) is 0 Å². The zero-order valence-corrected chi connectivity index (χ0v) is 10.0. The smallest absolute Gasteiger partial charge is 0.128 e. The summed E-state index contributed by atoms with van der Waals surface area (Å²) in [5.74, 6) is 1.09. The summed E-state index contributed by atoms with van der Waals surface area (Å²) in [7, 11) is 0. The summed E-state index contributed by atoms with van der Waals surface area (Å²) in [6.07, 6.45) is 7.20. The minimum absolute atomic E-state index is 0.652. The molecule has 1 fully saturated rings. The molecule has 0 saturated heterocycles. The number of hydrogen-bond acceptors (Lipinski definition) is 3. The van der Waals surface area contributed by atoms with Crippen LogP contribution in [0.2, 0.25) is 0 Å². The van der Waals surface area contributed by atoms with E-state index in [1.54, 1.807) is 0 Å². The van der Waals surface area contributed by atoms with Crippen LogP contribution in [-0.4, -0.2) is 24.1 Å². The normalized spacial score (nSPS) is 16.6. The van der Waals surface area contributed by atoms with E-state index in [2.05, 4.69) is 28.9 Å². The lowest BCUT2D eigenvalue weighted by atomic mass is 10.2. The van der Waals surface area contributed by atoms with Crippen molar-refractivity contribution in [2.45, 2.75) is 38.6 Å². The lowest BCUT2D eigenvalue weighted by Crippen LogP contribution is -2.37. The summed E-state index contributed by atoms with van der Waals surface area (Å²) in [6.45, 7) is 3.69. The van der Waals surface area contributed by atoms with Crippen LogP contribution in [0.1, 0.15) is 31.2 Å². The molecule has 0 amide bonds. The highest BCUT2D eigenvalue weighted by Crippen LogP contribution is 2.26. The number of anilines is 1. The molecule has 1 saturated carbocycles. The second-order valence-corrected chi connectivity index (χ2v) is 4.61. The van der Waals surface area contributed by atoms with E-state index in [-0.39, 0.29) is 0 Å². The van der Waals surface area contributed by atoms with Crippen LogP contribution in [0.3, 0.4) is 0 Å². The van der Waals surface area contributed by atoms with Crippen molar-refractivity contribution in [2.75, 3.05) is 18.0 Å². The van der Waals surface area contributed by atoms with E-state index in [4.69, 9.17) is 5.73 Å². The Morgan fingerprint density at radius 2 is 2.12 bits per heavy atom. The molecule has 1 aromatic rings. The molecule has 2 N–H and O–H groups in total. The highest BCUT2D eigenvalue weighted by molar-refractivity contribution is 5.40. The Labute approximate surface area is 97.7 Å². The number of nitrogens with two attached hydrogens (primary N) is 1. The summed E-state index contributed by atoms with van der Waals surface area (Å²) in [6, 6.07) is 4.89. The van der Waals surface area contributed by atoms with Gasteiger partial charge in [0.25, 0.3) is 0 Å². The first-order valence-electron chi connectivity index (χ1n) is 6.20. The van der Waals surface area contributed by atoms with Crippen LogP contribution in [0.15, 0.2) is 18.3 Å². The number of rotatable bonds is 4. The summed E-state index contributed by atoms with van der Waals surface area (Å²) in [5.41, 5.74) is 6.91. The van der Waals surface area contributed by atoms with Gasteiger partial charge in [-0.3, -0.25) is 0 Å². The van der Waals surface area contributed by atoms with E-state index < -0.39 is 0 Å². The Morgan fingerprint density at radius 3 is 2.69 bits per heavy atom. The van der Waals surface area contributed by atoms with E-state index in [0.29, 0.717) is 12.6 Å². The van der Waals surface area contributed by atoms with Crippen LogP contribution in [0.5, 0.6) is 0 Å². The molecule has 1 aromatic heterocycles. The Bertz CT molecular complexity index is 314. The van der Waals surface area contributed by atoms with Crippen molar-refractivity contribution in [1.29, 1.82) is 0 Å². The van der Waals surface area contributed by atoms with Gasteiger partial charge in [0, 0.05) is 25.3 Å². The lowest BCUT2D eigenvalue weighted by molar-refractivity contribution is 0.602. The Morgan fingerprint density at radius 1 is 1.38 bits per heavy atom. The monoisotopic (exact) mass is 219 g/mol. The molecule has 3 nitrogen and oxygen atoms in total. The Kier molecular flexibility index (Phi) is 3.78. The molecule has 0 spiro atoms. The molecule has 0 radical (unpaired) electrons. The van der Waals surface area contributed by atoms with Gasteiger partial charge in [-0.2, -0.15) is 0 Å². The predicted octanol–water partition coefficient (Wildman–Crippen LogP) is 2.10. The molecule has 1 heterocycles. The van der Waals surface area contributed by atoms with Gasteiger partial charge in [-0.05, 0) is 31.4 Å². The molecule has 0 atom stereocenters. The van der Waals surface area contributed by atoms with Crippen molar-refractivity contribution in [1.82, 2.24) is 4.98 Å². The van der Waals surface area contributed by atoms with Crippen LogP contribution >= 0.6 is 0 Å². The third kappa shape index (κ3) is 2.53. The van der Waals surface area contributed by atoms with Crippen LogP contribution in [0.25, 0.3) is 0 Å². The first-order valence-corrected chi connectivity index (χ1v) is 6.20. The predicted molar refractivity (Wildman–Crippen MR) is 67.6 cm³/mol. The zero-order valence-electron chi connectivity index (χ0n) is 10.0. The summed E-state index contributed by atoms with van der Waals surface area (Å²) < 4.78 is 0. The lowest BCUT2D eigenvalue weighted by Gasteiger charge is -2.29. The third-order valence-corrected chi connectivity index (χ3v) is 3.33. The van der Waals surface area contributed by atoms with Gasteiger partial charge in [-0.1, -0.05) is 18.9 Å². The van der Waals surface area contributed by atoms with Crippen LogP contribution < -0.4 is 10.6 Å². The second-order valence-electron chi connectivity index (χ2n) is 4.61. The first kappa shape index (κ1) is 11.4. The van der Waals surface area contributed by atoms with Crippen molar-refractivity contribution in [3.05, 3.63) is 23.9 Å². The van der Waals surface area contributed by atoms with Gasteiger partial charge in [-0.15, -0.1) is 0 Å². The van der Waals surface area contributed by atoms with E-state index in [0.717, 1.165) is 12.4 Å². The molecule has 3 heteroatoms. The van der Waals surface area contributed by atoms with Gasteiger partial charge < -0.3 is 10.6 Å². The molecule has 0 bridgehead atoms. The fourth-order valence-electron chi connectivity index (χ4n) is 2.47. The topological polar surface area (TPSA) is 42.1 Å². The van der Waals surface area contributed by atoms with Gasteiger partial charge in [-0.25, -0.2) is 4.98 Å². The second kappa shape index (κ2) is 5.30. The SMILES string of the molecule is Cc1ccc(N(CCN)C2CCCC2)nc1. The maximum absolute atomic E-state index is 5.69. The molecular formula is C13H21N3. The maximum Gasteiger partial charge on any atom is 0.128 e.